The summed E-state index contributed by atoms with van der Waals surface area (Å²) in [5.74, 6) is 0.407. The van der Waals surface area contributed by atoms with Crippen LogP contribution in [0.15, 0.2) is 23.1 Å². The van der Waals surface area contributed by atoms with Gasteiger partial charge in [-0.15, -0.1) is 0 Å². The number of piperidine rings is 1. The zero-order chi connectivity index (χ0) is 23.8. The molecule has 10 heteroatoms. The lowest BCUT2D eigenvalue weighted by Gasteiger charge is -2.33. The van der Waals surface area contributed by atoms with Crippen LogP contribution in [0, 0.1) is 5.92 Å². The largest absolute Gasteiger partial charge is 0.493 e. The SMILES string of the molecule is COC(=O)/C=C/c1cc(OC)c(OC)c(S(=O)(=O)N2CCC(CCN3CCOCC3)CC2)c1. The maximum absolute atomic E-state index is 13.5. The van der Waals surface area contributed by atoms with Crippen LogP contribution in [0.2, 0.25) is 0 Å². The number of carbonyl (C=O) groups excluding carboxylic acids is 1. The Bertz CT molecular complexity index is 934. The number of hydrogen-bond donors (Lipinski definition) is 0. The predicted molar refractivity (Wildman–Crippen MR) is 124 cm³/mol. The van der Waals surface area contributed by atoms with Crippen LogP contribution in [0.1, 0.15) is 24.8 Å². The predicted octanol–water partition coefficient (Wildman–Crippen LogP) is 2.01. The number of rotatable bonds is 9. The van der Waals surface area contributed by atoms with Gasteiger partial charge in [0.15, 0.2) is 11.5 Å². The van der Waals surface area contributed by atoms with E-state index in [2.05, 4.69) is 9.64 Å². The number of morpholine rings is 1. The summed E-state index contributed by atoms with van der Waals surface area (Å²) in [5.41, 5.74) is 0.497. The molecule has 1 aromatic carbocycles. The number of methoxy groups -OCH3 is 3. The Labute approximate surface area is 196 Å². The lowest BCUT2D eigenvalue weighted by molar-refractivity contribution is -0.134. The maximum Gasteiger partial charge on any atom is 0.330 e. The molecule has 2 fully saturated rings. The Morgan fingerprint density at radius 2 is 1.79 bits per heavy atom. The summed E-state index contributed by atoms with van der Waals surface area (Å²) in [5, 5.41) is 0. The zero-order valence-electron chi connectivity index (χ0n) is 19.6. The van der Waals surface area contributed by atoms with Gasteiger partial charge in [-0.05, 0) is 55.5 Å². The van der Waals surface area contributed by atoms with Crippen LogP contribution in [0.25, 0.3) is 6.08 Å². The molecule has 0 radical (unpaired) electrons. The van der Waals surface area contributed by atoms with E-state index in [1.54, 1.807) is 6.07 Å². The number of sulfonamides is 1. The topological polar surface area (TPSA) is 94.6 Å². The first-order valence-electron chi connectivity index (χ1n) is 11.2. The van der Waals surface area contributed by atoms with Crippen LogP contribution in [-0.2, 0) is 24.3 Å². The van der Waals surface area contributed by atoms with Gasteiger partial charge in [0.1, 0.15) is 4.90 Å². The Morgan fingerprint density at radius 3 is 2.39 bits per heavy atom. The van der Waals surface area contributed by atoms with E-state index in [0.717, 1.165) is 52.1 Å². The molecule has 2 aliphatic rings. The molecule has 0 aliphatic carbocycles. The third kappa shape index (κ3) is 6.47. The molecular weight excluding hydrogens is 448 g/mol. The van der Waals surface area contributed by atoms with Crippen molar-refractivity contribution < 1.29 is 32.2 Å². The number of benzene rings is 1. The lowest BCUT2D eigenvalue weighted by atomic mass is 9.94. The molecule has 0 spiro atoms. The molecule has 1 aromatic rings. The number of hydrogen-bond acceptors (Lipinski definition) is 8. The number of esters is 1. The number of carbonyl (C=O) groups is 1. The van der Waals surface area contributed by atoms with E-state index in [0.29, 0.717) is 24.6 Å². The highest BCUT2D eigenvalue weighted by Gasteiger charge is 2.33. The molecule has 184 valence electrons. The summed E-state index contributed by atoms with van der Waals surface area (Å²) in [6, 6.07) is 3.12. The molecule has 2 saturated heterocycles. The van der Waals surface area contributed by atoms with Gasteiger partial charge in [0, 0.05) is 32.3 Å². The third-order valence-corrected chi connectivity index (χ3v) is 8.13. The first-order chi connectivity index (χ1) is 15.9. The van der Waals surface area contributed by atoms with Gasteiger partial charge in [-0.25, -0.2) is 13.2 Å². The second-order valence-corrected chi connectivity index (χ2v) is 10.1. The average Bonchev–Trinajstić information content (AvgIpc) is 2.86. The summed E-state index contributed by atoms with van der Waals surface area (Å²) < 4.78 is 49.4. The Morgan fingerprint density at radius 1 is 1.09 bits per heavy atom. The molecule has 2 aliphatic heterocycles. The van der Waals surface area contributed by atoms with Crippen molar-refractivity contribution >= 4 is 22.1 Å². The molecule has 0 bridgehead atoms. The minimum absolute atomic E-state index is 0.0284. The molecule has 9 nitrogen and oxygen atoms in total. The quantitative estimate of drug-likeness (QED) is 0.390. The van der Waals surface area contributed by atoms with Crippen LogP contribution in [0.4, 0.5) is 0 Å². The molecular formula is C23H34N2O7S. The van der Waals surface area contributed by atoms with Crippen LogP contribution < -0.4 is 9.47 Å². The molecule has 0 N–H and O–H groups in total. The van der Waals surface area contributed by atoms with Gasteiger partial charge in [0.05, 0.1) is 34.5 Å². The highest BCUT2D eigenvalue weighted by Crippen LogP contribution is 2.38. The average molecular weight is 483 g/mol. The van der Waals surface area contributed by atoms with Gasteiger partial charge in [0.2, 0.25) is 10.0 Å². The minimum atomic E-state index is -3.81. The van der Waals surface area contributed by atoms with Gasteiger partial charge < -0.3 is 18.9 Å². The second kappa shape index (κ2) is 11.8. The van der Waals surface area contributed by atoms with Gasteiger partial charge >= 0.3 is 5.97 Å². The van der Waals surface area contributed by atoms with E-state index in [9.17, 15) is 13.2 Å². The van der Waals surface area contributed by atoms with Crippen molar-refractivity contribution in [2.75, 3.05) is 67.3 Å². The van der Waals surface area contributed by atoms with Crippen molar-refractivity contribution in [2.45, 2.75) is 24.2 Å². The first-order valence-corrected chi connectivity index (χ1v) is 12.6. The molecule has 0 unspecified atom stereocenters. The fourth-order valence-electron chi connectivity index (χ4n) is 4.24. The molecule has 0 amide bonds. The van der Waals surface area contributed by atoms with Crippen molar-refractivity contribution in [3.05, 3.63) is 23.8 Å². The van der Waals surface area contributed by atoms with Crippen molar-refractivity contribution in [3.63, 3.8) is 0 Å². The third-order valence-electron chi connectivity index (χ3n) is 6.23. The normalized spacial score (nSPS) is 19.0. The van der Waals surface area contributed by atoms with Crippen LogP contribution in [0.3, 0.4) is 0 Å². The lowest BCUT2D eigenvalue weighted by Crippen LogP contribution is -2.40. The van der Waals surface area contributed by atoms with E-state index in [1.165, 1.54) is 43.9 Å². The summed E-state index contributed by atoms with van der Waals surface area (Å²) in [4.78, 5) is 13.9. The minimum Gasteiger partial charge on any atom is -0.493 e. The van der Waals surface area contributed by atoms with E-state index in [-0.39, 0.29) is 16.4 Å². The van der Waals surface area contributed by atoms with Crippen LogP contribution in [0.5, 0.6) is 11.5 Å². The summed E-state index contributed by atoms with van der Waals surface area (Å²) >= 11 is 0. The van der Waals surface area contributed by atoms with E-state index < -0.39 is 16.0 Å². The smallest absolute Gasteiger partial charge is 0.330 e. The maximum atomic E-state index is 13.5. The zero-order valence-corrected chi connectivity index (χ0v) is 20.4. The van der Waals surface area contributed by atoms with Gasteiger partial charge in [-0.1, -0.05) is 0 Å². The Kier molecular flexibility index (Phi) is 9.13. The van der Waals surface area contributed by atoms with Gasteiger partial charge in [0.25, 0.3) is 0 Å². The fourth-order valence-corrected chi connectivity index (χ4v) is 5.91. The van der Waals surface area contributed by atoms with E-state index in [4.69, 9.17) is 14.2 Å². The fraction of sp³-hybridized carbons (Fsp3) is 0.609. The first kappa shape index (κ1) is 25.5. The summed E-state index contributed by atoms with van der Waals surface area (Å²) in [7, 11) is 0.330. The van der Waals surface area contributed by atoms with E-state index in [1.807, 2.05) is 0 Å². The highest BCUT2D eigenvalue weighted by atomic mass is 32.2. The Balaban J connectivity index is 1.73. The van der Waals surface area contributed by atoms with E-state index >= 15 is 0 Å². The molecule has 0 atom stereocenters. The second-order valence-electron chi connectivity index (χ2n) is 8.20. The molecule has 0 saturated carbocycles. The molecule has 2 heterocycles. The molecule has 3 rings (SSSR count). The highest BCUT2D eigenvalue weighted by molar-refractivity contribution is 7.89. The van der Waals surface area contributed by atoms with Gasteiger partial charge in [-0.3, -0.25) is 4.90 Å². The summed E-state index contributed by atoms with van der Waals surface area (Å²) in [6.07, 6.45) is 5.44. The number of ether oxygens (including phenoxy) is 4. The molecule has 0 aromatic heterocycles. The molecule has 33 heavy (non-hydrogen) atoms. The van der Waals surface area contributed by atoms with Crippen molar-refractivity contribution in [3.8, 4) is 11.5 Å². The van der Waals surface area contributed by atoms with Crippen LogP contribution >= 0.6 is 0 Å². The standard InChI is InChI=1S/C23H34N2O7S/c1-29-20-16-19(4-5-22(26)30-2)17-21(23(20)31-3)33(27,28)25-10-7-18(8-11-25)6-9-24-12-14-32-15-13-24/h4-5,16-18H,6-15H2,1-3H3/b5-4+. The van der Waals surface area contributed by atoms with Crippen LogP contribution in [-0.4, -0.2) is 90.9 Å². The summed E-state index contributed by atoms with van der Waals surface area (Å²) in [6.45, 7) is 5.46. The van der Waals surface area contributed by atoms with Gasteiger partial charge in [-0.2, -0.15) is 4.31 Å². The number of nitrogens with zero attached hydrogens (tertiary/aromatic N) is 2. The monoisotopic (exact) mass is 482 g/mol. The Hall–Kier alpha value is -2.14. The van der Waals surface area contributed by atoms with Crippen molar-refractivity contribution in [1.29, 1.82) is 0 Å². The van der Waals surface area contributed by atoms with Crippen molar-refractivity contribution in [2.24, 2.45) is 5.92 Å². The van der Waals surface area contributed by atoms with Crippen molar-refractivity contribution in [1.82, 2.24) is 9.21 Å².